The third kappa shape index (κ3) is 4.24. The van der Waals surface area contributed by atoms with Gasteiger partial charge in [0.1, 0.15) is 5.75 Å². The molecular formula is C23H21ClN2O4S. The van der Waals surface area contributed by atoms with E-state index < -0.39 is 10.0 Å². The van der Waals surface area contributed by atoms with Crippen LogP contribution in [0.5, 0.6) is 5.75 Å². The Labute approximate surface area is 186 Å². The molecule has 0 aliphatic carbocycles. The van der Waals surface area contributed by atoms with Crippen LogP contribution in [-0.4, -0.2) is 28.0 Å². The molecule has 160 valence electrons. The van der Waals surface area contributed by atoms with Gasteiger partial charge in [-0.3, -0.25) is 9.10 Å². The monoisotopic (exact) mass is 456 g/mol. The van der Waals surface area contributed by atoms with Crippen molar-refractivity contribution in [2.75, 3.05) is 23.3 Å². The quantitative estimate of drug-likeness (QED) is 0.601. The first-order valence-electron chi connectivity index (χ1n) is 9.76. The molecule has 1 N–H and O–H groups in total. The maximum absolute atomic E-state index is 13.3. The van der Waals surface area contributed by atoms with Crippen molar-refractivity contribution in [1.29, 1.82) is 0 Å². The molecule has 0 atom stereocenters. The van der Waals surface area contributed by atoms with Crippen molar-refractivity contribution < 1.29 is 17.9 Å². The summed E-state index contributed by atoms with van der Waals surface area (Å²) >= 11 is 6.12. The number of benzene rings is 3. The first-order valence-corrected chi connectivity index (χ1v) is 11.6. The Balaban J connectivity index is 1.66. The fraction of sp³-hybridized carbons (Fsp3) is 0.174. The van der Waals surface area contributed by atoms with E-state index in [1.54, 1.807) is 48.5 Å². The lowest BCUT2D eigenvalue weighted by atomic mass is 10.0. The predicted octanol–water partition coefficient (Wildman–Crippen LogP) is 4.74. The van der Waals surface area contributed by atoms with Gasteiger partial charge in [0.25, 0.3) is 15.9 Å². The average molecular weight is 457 g/mol. The number of sulfonamides is 1. The summed E-state index contributed by atoms with van der Waals surface area (Å²) in [7, 11) is -2.23. The molecule has 1 aliphatic heterocycles. The van der Waals surface area contributed by atoms with Crippen molar-refractivity contribution in [3.63, 3.8) is 0 Å². The van der Waals surface area contributed by atoms with E-state index in [2.05, 4.69) is 5.32 Å². The van der Waals surface area contributed by atoms with Gasteiger partial charge < -0.3 is 10.1 Å². The predicted molar refractivity (Wildman–Crippen MR) is 122 cm³/mol. The largest absolute Gasteiger partial charge is 0.497 e. The van der Waals surface area contributed by atoms with Gasteiger partial charge >= 0.3 is 0 Å². The molecule has 0 aromatic heterocycles. The van der Waals surface area contributed by atoms with Crippen LogP contribution < -0.4 is 14.4 Å². The normalized spacial score (nSPS) is 13.4. The van der Waals surface area contributed by atoms with Crippen LogP contribution in [0.4, 0.5) is 11.4 Å². The van der Waals surface area contributed by atoms with Crippen LogP contribution in [0.1, 0.15) is 22.3 Å². The number of methoxy groups -OCH3 is 1. The molecule has 0 fully saturated rings. The lowest BCUT2D eigenvalue weighted by molar-refractivity contribution is 0.102. The number of fused-ring (bicyclic) bond motifs is 1. The maximum atomic E-state index is 13.3. The van der Waals surface area contributed by atoms with E-state index in [0.29, 0.717) is 40.7 Å². The number of hydrogen-bond acceptors (Lipinski definition) is 4. The van der Waals surface area contributed by atoms with Crippen LogP contribution >= 0.6 is 11.6 Å². The molecule has 6 nitrogen and oxygen atoms in total. The Morgan fingerprint density at radius 3 is 2.52 bits per heavy atom. The number of nitrogens with zero attached hydrogens (tertiary/aromatic N) is 1. The molecular weight excluding hydrogens is 436 g/mol. The van der Waals surface area contributed by atoms with Crippen molar-refractivity contribution in [3.05, 3.63) is 82.9 Å². The maximum Gasteiger partial charge on any atom is 0.264 e. The van der Waals surface area contributed by atoms with Crippen LogP contribution in [-0.2, 0) is 16.4 Å². The van der Waals surface area contributed by atoms with E-state index in [1.807, 2.05) is 6.07 Å². The van der Waals surface area contributed by atoms with Crippen molar-refractivity contribution in [1.82, 2.24) is 0 Å². The van der Waals surface area contributed by atoms with Gasteiger partial charge in [0.05, 0.1) is 28.3 Å². The summed E-state index contributed by atoms with van der Waals surface area (Å²) in [6.45, 7) is 0.364. The van der Waals surface area contributed by atoms with Gasteiger partial charge in [-0.25, -0.2) is 8.42 Å². The smallest absolute Gasteiger partial charge is 0.264 e. The Morgan fingerprint density at radius 1 is 1.06 bits per heavy atom. The van der Waals surface area contributed by atoms with Gasteiger partial charge in [-0.15, -0.1) is 0 Å². The van der Waals surface area contributed by atoms with Crippen molar-refractivity contribution in [2.24, 2.45) is 0 Å². The van der Waals surface area contributed by atoms with E-state index in [9.17, 15) is 13.2 Å². The minimum absolute atomic E-state index is 0.187. The first kappa shape index (κ1) is 21.2. The molecule has 0 bridgehead atoms. The highest BCUT2D eigenvalue weighted by Crippen LogP contribution is 2.34. The summed E-state index contributed by atoms with van der Waals surface area (Å²) in [5.74, 6) is 0.230. The minimum atomic E-state index is -3.76. The molecule has 0 unspecified atom stereocenters. The fourth-order valence-electron chi connectivity index (χ4n) is 3.59. The van der Waals surface area contributed by atoms with E-state index in [0.717, 1.165) is 12.0 Å². The van der Waals surface area contributed by atoms with E-state index >= 15 is 0 Å². The van der Waals surface area contributed by atoms with Crippen LogP contribution in [0.15, 0.2) is 71.6 Å². The summed E-state index contributed by atoms with van der Waals surface area (Å²) in [4.78, 5) is 12.8. The second-order valence-corrected chi connectivity index (χ2v) is 9.40. The summed E-state index contributed by atoms with van der Waals surface area (Å²) in [6, 6.07) is 18.4. The summed E-state index contributed by atoms with van der Waals surface area (Å²) in [5, 5.41) is 3.16. The van der Waals surface area contributed by atoms with Gasteiger partial charge in [0, 0.05) is 12.2 Å². The number of hydrogen-bond donors (Lipinski definition) is 1. The second-order valence-electron chi connectivity index (χ2n) is 7.13. The third-order valence-corrected chi connectivity index (χ3v) is 7.34. The van der Waals surface area contributed by atoms with Gasteiger partial charge in [0.15, 0.2) is 0 Å². The Hall–Kier alpha value is -3.03. The topological polar surface area (TPSA) is 75.7 Å². The standard InChI is InChI=1S/C23H21ClN2O4S/c1-30-18-10-12-19(13-11-18)31(28,29)26-14-4-5-16-8-9-17(15-22(16)26)25-23(27)20-6-2-3-7-21(20)24/h2-3,6-13,15H,4-5,14H2,1H3,(H,25,27). The zero-order valence-electron chi connectivity index (χ0n) is 16.8. The highest BCUT2D eigenvalue weighted by molar-refractivity contribution is 7.92. The number of carbonyl (C=O) groups excluding carboxylic acids is 1. The highest BCUT2D eigenvalue weighted by Gasteiger charge is 2.29. The molecule has 1 aliphatic rings. The third-order valence-electron chi connectivity index (χ3n) is 5.19. The first-order chi connectivity index (χ1) is 14.9. The molecule has 1 heterocycles. The number of ether oxygens (including phenoxy) is 1. The number of halogens is 1. The molecule has 4 rings (SSSR count). The van der Waals surface area contributed by atoms with Crippen LogP contribution in [0, 0.1) is 0 Å². The molecule has 0 saturated heterocycles. The van der Waals surface area contributed by atoms with E-state index in [1.165, 1.54) is 23.5 Å². The second kappa shape index (κ2) is 8.61. The van der Waals surface area contributed by atoms with Crippen LogP contribution in [0.2, 0.25) is 5.02 Å². The van der Waals surface area contributed by atoms with E-state index in [4.69, 9.17) is 16.3 Å². The molecule has 0 spiro atoms. The molecule has 8 heteroatoms. The summed E-state index contributed by atoms with van der Waals surface area (Å²) < 4.78 is 33.2. The van der Waals surface area contributed by atoms with Crippen molar-refractivity contribution in [2.45, 2.75) is 17.7 Å². The fourth-order valence-corrected chi connectivity index (χ4v) is 5.34. The molecule has 0 saturated carbocycles. The highest BCUT2D eigenvalue weighted by atomic mass is 35.5. The number of rotatable bonds is 5. The van der Waals surface area contributed by atoms with Gasteiger partial charge in [-0.05, 0) is 66.9 Å². The zero-order chi connectivity index (χ0) is 22.0. The SMILES string of the molecule is COc1ccc(S(=O)(=O)N2CCCc3ccc(NC(=O)c4ccccc4Cl)cc32)cc1. The van der Waals surface area contributed by atoms with Crippen molar-refractivity contribution in [3.8, 4) is 5.75 Å². The molecule has 3 aromatic rings. The molecule has 0 radical (unpaired) electrons. The number of anilines is 2. The minimum Gasteiger partial charge on any atom is -0.497 e. The van der Waals surface area contributed by atoms with Gasteiger partial charge in [-0.1, -0.05) is 29.8 Å². The average Bonchev–Trinajstić information content (AvgIpc) is 2.78. The molecule has 1 amide bonds. The van der Waals surface area contributed by atoms with E-state index in [-0.39, 0.29) is 10.8 Å². The van der Waals surface area contributed by atoms with Gasteiger partial charge in [-0.2, -0.15) is 0 Å². The number of nitrogens with one attached hydrogen (secondary N) is 1. The Bertz CT molecular complexity index is 1230. The van der Waals surface area contributed by atoms with Crippen LogP contribution in [0.3, 0.4) is 0 Å². The molecule has 3 aromatic carbocycles. The summed E-state index contributed by atoms with van der Waals surface area (Å²) in [5.41, 5.74) is 2.34. The molecule has 31 heavy (non-hydrogen) atoms. The van der Waals surface area contributed by atoms with Crippen molar-refractivity contribution >= 4 is 38.9 Å². The summed E-state index contributed by atoms with van der Waals surface area (Å²) in [6.07, 6.45) is 1.48. The lowest BCUT2D eigenvalue weighted by Crippen LogP contribution is -2.35. The number of amides is 1. The van der Waals surface area contributed by atoms with Gasteiger partial charge in [0.2, 0.25) is 0 Å². The number of aryl methyl sites for hydroxylation is 1. The Morgan fingerprint density at radius 2 is 1.81 bits per heavy atom. The Kier molecular flexibility index (Phi) is 5.89. The van der Waals surface area contributed by atoms with Crippen LogP contribution in [0.25, 0.3) is 0 Å². The number of carbonyl (C=O) groups is 1. The lowest BCUT2D eigenvalue weighted by Gasteiger charge is -2.31. The zero-order valence-corrected chi connectivity index (χ0v) is 18.4.